The Morgan fingerprint density at radius 3 is 2.70 bits per heavy atom. The molecular formula is C21H15ClFNO2S. The van der Waals surface area contributed by atoms with E-state index >= 15 is 0 Å². The summed E-state index contributed by atoms with van der Waals surface area (Å²) >= 11 is 7.08. The van der Waals surface area contributed by atoms with Crippen molar-refractivity contribution in [2.45, 2.75) is 5.75 Å². The first-order valence-electron chi connectivity index (χ1n) is 8.33. The lowest BCUT2D eigenvalue weighted by atomic mass is 10.1. The zero-order valence-corrected chi connectivity index (χ0v) is 15.7. The predicted octanol–water partition coefficient (Wildman–Crippen LogP) is 6.25. The Morgan fingerprint density at radius 2 is 1.85 bits per heavy atom. The summed E-state index contributed by atoms with van der Waals surface area (Å²) < 4.78 is 19.6. The summed E-state index contributed by atoms with van der Waals surface area (Å²) in [6.45, 7) is 0. The molecule has 0 fully saturated rings. The van der Waals surface area contributed by atoms with Crippen LogP contribution in [-0.4, -0.2) is 11.7 Å². The van der Waals surface area contributed by atoms with Gasteiger partial charge in [0.25, 0.3) is 0 Å². The third-order valence-electron chi connectivity index (χ3n) is 4.17. The Kier molecular flexibility index (Phi) is 5.05. The number of furan rings is 1. The van der Waals surface area contributed by atoms with Crippen LogP contribution in [0.25, 0.3) is 21.9 Å². The average Bonchev–Trinajstić information content (AvgIpc) is 3.01. The Morgan fingerprint density at radius 1 is 1.04 bits per heavy atom. The largest absolute Gasteiger partial charge is 0.456 e. The molecule has 0 aliphatic rings. The van der Waals surface area contributed by atoms with Crippen molar-refractivity contribution >= 4 is 56.9 Å². The van der Waals surface area contributed by atoms with Gasteiger partial charge in [0.15, 0.2) is 0 Å². The summed E-state index contributed by atoms with van der Waals surface area (Å²) in [6.07, 6.45) is 0. The first kappa shape index (κ1) is 17.9. The number of rotatable bonds is 5. The predicted molar refractivity (Wildman–Crippen MR) is 110 cm³/mol. The van der Waals surface area contributed by atoms with Gasteiger partial charge in [0, 0.05) is 33.3 Å². The lowest BCUT2D eigenvalue weighted by Gasteiger charge is -2.06. The van der Waals surface area contributed by atoms with Gasteiger partial charge in [0.2, 0.25) is 5.91 Å². The highest BCUT2D eigenvalue weighted by Gasteiger charge is 2.09. The van der Waals surface area contributed by atoms with Gasteiger partial charge >= 0.3 is 0 Å². The van der Waals surface area contributed by atoms with E-state index in [4.69, 9.17) is 16.0 Å². The van der Waals surface area contributed by atoms with Crippen molar-refractivity contribution < 1.29 is 13.6 Å². The number of para-hydroxylation sites is 1. The van der Waals surface area contributed by atoms with Gasteiger partial charge in [-0.15, -0.1) is 11.8 Å². The van der Waals surface area contributed by atoms with E-state index in [2.05, 4.69) is 5.32 Å². The summed E-state index contributed by atoms with van der Waals surface area (Å²) in [5, 5.41) is 5.27. The zero-order valence-electron chi connectivity index (χ0n) is 14.2. The number of carbonyl (C=O) groups excluding carboxylic acids is 1. The van der Waals surface area contributed by atoms with Gasteiger partial charge < -0.3 is 9.73 Å². The molecule has 0 aliphatic heterocycles. The van der Waals surface area contributed by atoms with Crippen LogP contribution in [0.15, 0.2) is 65.1 Å². The number of benzene rings is 3. The van der Waals surface area contributed by atoms with Crippen LogP contribution in [0.1, 0.15) is 5.56 Å². The van der Waals surface area contributed by atoms with Gasteiger partial charge in [-0.3, -0.25) is 4.79 Å². The van der Waals surface area contributed by atoms with Crippen LogP contribution in [0, 0.1) is 5.82 Å². The topological polar surface area (TPSA) is 42.2 Å². The van der Waals surface area contributed by atoms with E-state index in [1.807, 2.05) is 42.5 Å². The van der Waals surface area contributed by atoms with Crippen LogP contribution in [0.2, 0.25) is 5.02 Å². The summed E-state index contributed by atoms with van der Waals surface area (Å²) in [5.41, 5.74) is 2.74. The molecule has 0 aliphatic carbocycles. The molecule has 0 saturated heterocycles. The minimum atomic E-state index is -0.356. The van der Waals surface area contributed by atoms with Crippen molar-refractivity contribution in [3.05, 3.63) is 77.1 Å². The van der Waals surface area contributed by atoms with Crippen LogP contribution >= 0.6 is 23.4 Å². The van der Waals surface area contributed by atoms with Gasteiger partial charge in [0.1, 0.15) is 17.0 Å². The molecule has 136 valence electrons. The molecule has 4 rings (SSSR count). The minimum absolute atomic E-state index is 0.148. The lowest BCUT2D eigenvalue weighted by Crippen LogP contribution is -2.14. The molecule has 1 N–H and O–H groups in total. The molecule has 3 aromatic carbocycles. The Bertz CT molecular complexity index is 1140. The number of hydrogen-bond acceptors (Lipinski definition) is 3. The van der Waals surface area contributed by atoms with Crippen molar-refractivity contribution in [3.63, 3.8) is 0 Å². The summed E-state index contributed by atoms with van der Waals surface area (Å²) in [4.78, 5) is 12.2. The van der Waals surface area contributed by atoms with E-state index in [9.17, 15) is 9.18 Å². The summed E-state index contributed by atoms with van der Waals surface area (Å²) in [7, 11) is 0. The normalized spacial score (nSPS) is 11.2. The van der Waals surface area contributed by atoms with Gasteiger partial charge in [-0.05, 0) is 35.9 Å². The lowest BCUT2D eigenvalue weighted by molar-refractivity contribution is -0.113. The van der Waals surface area contributed by atoms with E-state index in [0.717, 1.165) is 21.9 Å². The molecule has 0 unspecified atom stereocenters. The molecular weight excluding hydrogens is 385 g/mol. The molecule has 4 aromatic rings. The van der Waals surface area contributed by atoms with Crippen molar-refractivity contribution in [1.82, 2.24) is 0 Å². The van der Waals surface area contributed by atoms with Gasteiger partial charge in [-0.1, -0.05) is 35.9 Å². The SMILES string of the molecule is O=C(CSCc1ccc(Cl)cc1F)Nc1ccc2c(c1)oc1ccccc12. The fourth-order valence-corrected chi connectivity index (χ4v) is 3.87. The fraction of sp³-hybridized carbons (Fsp3) is 0.0952. The van der Waals surface area contributed by atoms with E-state index in [-0.39, 0.29) is 17.5 Å². The number of thioether (sulfide) groups is 1. The molecule has 0 bridgehead atoms. The summed E-state index contributed by atoms with van der Waals surface area (Å²) in [6, 6.07) is 18.0. The monoisotopic (exact) mass is 399 g/mol. The number of anilines is 1. The third kappa shape index (κ3) is 3.94. The molecule has 0 radical (unpaired) electrons. The second kappa shape index (κ2) is 7.62. The Labute approximate surface area is 164 Å². The van der Waals surface area contributed by atoms with E-state index in [0.29, 0.717) is 22.0 Å². The van der Waals surface area contributed by atoms with E-state index in [1.54, 1.807) is 12.1 Å². The van der Waals surface area contributed by atoms with Crippen molar-refractivity contribution in [1.29, 1.82) is 0 Å². The molecule has 1 amide bonds. The molecule has 1 heterocycles. The summed E-state index contributed by atoms with van der Waals surface area (Å²) in [5.74, 6) is 0.120. The number of fused-ring (bicyclic) bond motifs is 3. The standard InChI is InChI=1S/C21H15ClFNO2S/c22-14-6-5-13(18(23)9-14)11-27-12-21(25)24-15-7-8-17-16-3-1-2-4-19(16)26-20(17)10-15/h1-10H,11-12H2,(H,24,25). The van der Waals surface area contributed by atoms with Gasteiger partial charge in [0.05, 0.1) is 5.75 Å². The van der Waals surface area contributed by atoms with Crippen LogP contribution in [0.4, 0.5) is 10.1 Å². The maximum atomic E-state index is 13.7. The first-order chi connectivity index (χ1) is 13.1. The molecule has 0 saturated carbocycles. The van der Waals surface area contributed by atoms with Crippen LogP contribution in [0.3, 0.4) is 0 Å². The van der Waals surface area contributed by atoms with Crippen molar-refractivity contribution in [3.8, 4) is 0 Å². The van der Waals surface area contributed by atoms with E-state index < -0.39 is 0 Å². The highest BCUT2D eigenvalue weighted by atomic mass is 35.5. The first-order valence-corrected chi connectivity index (χ1v) is 9.86. The minimum Gasteiger partial charge on any atom is -0.456 e. The quantitative estimate of drug-likeness (QED) is 0.431. The van der Waals surface area contributed by atoms with Gasteiger partial charge in [-0.25, -0.2) is 4.39 Å². The molecule has 1 aromatic heterocycles. The van der Waals surface area contributed by atoms with Crippen molar-refractivity contribution in [2.24, 2.45) is 0 Å². The molecule has 0 atom stereocenters. The average molecular weight is 400 g/mol. The van der Waals surface area contributed by atoms with E-state index in [1.165, 1.54) is 17.8 Å². The number of carbonyl (C=O) groups is 1. The smallest absolute Gasteiger partial charge is 0.234 e. The molecule has 0 spiro atoms. The molecule has 3 nitrogen and oxygen atoms in total. The number of hydrogen-bond donors (Lipinski definition) is 1. The second-order valence-corrected chi connectivity index (χ2v) is 7.51. The fourth-order valence-electron chi connectivity index (χ4n) is 2.89. The van der Waals surface area contributed by atoms with Crippen LogP contribution < -0.4 is 5.32 Å². The van der Waals surface area contributed by atoms with Crippen LogP contribution in [-0.2, 0) is 10.5 Å². The Balaban J connectivity index is 1.39. The maximum Gasteiger partial charge on any atom is 0.234 e. The zero-order chi connectivity index (χ0) is 18.8. The number of nitrogens with one attached hydrogen (secondary N) is 1. The number of halogens is 2. The highest BCUT2D eigenvalue weighted by molar-refractivity contribution is 7.99. The molecule has 27 heavy (non-hydrogen) atoms. The Hall–Kier alpha value is -2.50. The number of amides is 1. The third-order valence-corrected chi connectivity index (χ3v) is 5.38. The second-order valence-electron chi connectivity index (χ2n) is 6.09. The highest BCUT2D eigenvalue weighted by Crippen LogP contribution is 2.30. The van der Waals surface area contributed by atoms with Gasteiger partial charge in [-0.2, -0.15) is 0 Å². The maximum absolute atomic E-state index is 13.7. The van der Waals surface area contributed by atoms with Crippen molar-refractivity contribution in [2.75, 3.05) is 11.1 Å². The van der Waals surface area contributed by atoms with Crippen LogP contribution in [0.5, 0.6) is 0 Å². The molecule has 6 heteroatoms.